The molecule has 1 aliphatic heterocycles. The van der Waals surface area contributed by atoms with Crippen molar-refractivity contribution in [3.8, 4) is 0 Å². The molecule has 1 atom stereocenters. The lowest BCUT2D eigenvalue weighted by molar-refractivity contribution is 0.0812. The van der Waals surface area contributed by atoms with E-state index < -0.39 is 0 Å². The fourth-order valence-electron chi connectivity index (χ4n) is 3.29. The van der Waals surface area contributed by atoms with Crippen LogP contribution in [0.4, 0.5) is 10.5 Å². The third kappa shape index (κ3) is 5.21. The topological polar surface area (TPSA) is 77.8 Å². The number of pyridine rings is 1. The van der Waals surface area contributed by atoms with E-state index in [1.54, 1.807) is 27.8 Å². The zero-order valence-corrected chi connectivity index (χ0v) is 16.3. The Morgan fingerprint density at radius 2 is 1.82 bits per heavy atom. The van der Waals surface area contributed by atoms with Gasteiger partial charge in [-0.3, -0.25) is 9.69 Å². The number of nitrogens with zero attached hydrogens (tertiary/aromatic N) is 3. The molecule has 1 saturated heterocycles. The average molecular weight is 384 g/mol. The largest absolute Gasteiger partial charge is 0.392 e. The number of aliphatic hydroxyl groups excluding tert-OH is 1. The Bertz CT molecular complexity index is 829. The van der Waals surface area contributed by atoms with Gasteiger partial charge in [0.05, 0.1) is 12.6 Å². The lowest BCUT2D eigenvalue weighted by Crippen LogP contribution is -2.51. The van der Waals surface area contributed by atoms with Crippen molar-refractivity contribution in [1.82, 2.24) is 14.4 Å². The van der Waals surface area contributed by atoms with Crippen LogP contribution in [0.1, 0.15) is 18.9 Å². The second-order valence-electron chi connectivity index (χ2n) is 7.12. The van der Waals surface area contributed by atoms with Crippen LogP contribution < -0.4 is 10.9 Å². The van der Waals surface area contributed by atoms with E-state index in [0.717, 1.165) is 25.1 Å². The van der Waals surface area contributed by atoms with E-state index in [1.807, 2.05) is 37.3 Å². The molecule has 1 aromatic carbocycles. The maximum atomic E-state index is 12.7. The Kier molecular flexibility index (Phi) is 6.84. The predicted octanol–water partition coefficient (Wildman–Crippen LogP) is 1.82. The number of hydrogen-bond acceptors (Lipinski definition) is 4. The maximum absolute atomic E-state index is 12.7. The van der Waals surface area contributed by atoms with Crippen LogP contribution in [0.5, 0.6) is 0 Å². The van der Waals surface area contributed by atoms with Crippen molar-refractivity contribution in [3.05, 3.63) is 64.6 Å². The first kappa shape index (κ1) is 20.1. The average Bonchev–Trinajstić information content (AvgIpc) is 2.72. The number of anilines is 1. The van der Waals surface area contributed by atoms with E-state index in [2.05, 4.69) is 10.2 Å². The van der Waals surface area contributed by atoms with E-state index in [9.17, 15) is 14.7 Å². The zero-order valence-electron chi connectivity index (χ0n) is 16.3. The molecule has 3 rings (SSSR count). The molecule has 2 amide bonds. The second kappa shape index (κ2) is 9.52. The number of nitrogens with one attached hydrogen (secondary N) is 1. The van der Waals surface area contributed by atoms with Gasteiger partial charge in [0.25, 0.3) is 5.56 Å². The van der Waals surface area contributed by atoms with Gasteiger partial charge in [0.15, 0.2) is 0 Å². The second-order valence-corrected chi connectivity index (χ2v) is 7.12. The first-order valence-electron chi connectivity index (χ1n) is 9.76. The lowest BCUT2D eigenvalue weighted by Gasteiger charge is -2.35. The number of aliphatic hydroxyl groups is 1. The number of rotatable bonds is 6. The molecule has 150 valence electrons. The highest BCUT2D eigenvalue weighted by atomic mass is 16.3. The van der Waals surface area contributed by atoms with Crippen LogP contribution in [0.15, 0.2) is 53.5 Å². The van der Waals surface area contributed by atoms with Gasteiger partial charge in [-0.1, -0.05) is 37.3 Å². The van der Waals surface area contributed by atoms with Crippen LogP contribution in [0.25, 0.3) is 0 Å². The molecule has 2 heterocycles. The summed E-state index contributed by atoms with van der Waals surface area (Å²) in [5, 5.41) is 12.5. The number of piperazine rings is 1. The van der Waals surface area contributed by atoms with Crippen LogP contribution in [-0.4, -0.2) is 64.3 Å². The molecule has 0 unspecified atom stereocenters. The van der Waals surface area contributed by atoms with E-state index >= 15 is 0 Å². The van der Waals surface area contributed by atoms with Crippen LogP contribution in [0.3, 0.4) is 0 Å². The van der Waals surface area contributed by atoms with Crippen LogP contribution in [0.2, 0.25) is 0 Å². The van der Waals surface area contributed by atoms with Gasteiger partial charge < -0.3 is 19.9 Å². The zero-order chi connectivity index (χ0) is 19.9. The van der Waals surface area contributed by atoms with Crippen molar-refractivity contribution in [2.75, 3.05) is 38.0 Å². The first-order valence-corrected chi connectivity index (χ1v) is 9.76. The fraction of sp³-hybridized carbons (Fsp3) is 0.429. The molecule has 0 spiro atoms. The molecule has 28 heavy (non-hydrogen) atoms. The molecule has 0 bridgehead atoms. The molecule has 2 aromatic rings. The molecule has 7 heteroatoms. The summed E-state index contributed by atoms with van der Waals surface area (Å²) in [5.74, 6) is 0. The molecule has 0 saturated carbocycles. The van der Waals surface area contributed by atoms with Crippen LogP contribution >= 0.6 is 0 Å². The lowest BCUT2D eigenvalue weighted by atomic mass is 10.2. The third-order valence-corrected chi connectivity index (χ3v) is 5.06. The molecule has 7 nitrogen and oxygen atoms in total. The predicted molar refractivity (Wildman–Crippen MR) is 110 cm³/mol. The molecule has 0 aliphatic carbocycles. The number of carbonyl (C=O) groups is 1. The number of benzene rings is 1. The van der Waals surface area contributed by atoms with Gasteiger partial charge in [0, 0.05) is 38.9 Å². The molecular formula is C21H28N4O3. The minimum atomic E-state index is -0.326. The smallest absolute Gasteiger partial charge is 0.322 e. The van der Waals surface area contributed by atoms with Crippen molar-refractivity contribution < 1.29 is 9.90 Å². The van der Waals surface area contributed by atoms with Gasteiger partial charge in [0.2, 0.25) is 0 Å². The van der Waals surface area contributed by atoms with E-state index in [1.165, 1.54) is 0 Å². The number of amides is 2. The minimum Gasteiger partial charge on any atom is -0.392 e. The summed E-state index contributed by atoms with van der Waals surface area (Å²) in [5.41, 5.74) is 1.09. The monoisotopic (exact) mass is 384 g/mol. The van der Waals surface area contributed by atoms with Gasteiger partial charge in [-0.15, -0.1) is 0 Å². The summed E-state index contributed by atoms with van der Waals surface area (Å²) in [6.45, 7) is 5.64. The summed E-state index contributed by atoms with van der Waals surface area (Å²) in [7, 11) is 0. The Labute approximate surface area is 165 Å². The Morgan fingerprint density at radius 3 is 2.50 bits per heavy atom. The summed E-state index contributed by atoms with van der Waals surface area (Å²) in [6.07, 6.45) is 2.13. The molecular weight excluding hydrogens is 356 g/mol. The highest BCUT2D eigenvalue weighted by molar-refractivity contribution is 5.89. The number of hydrogen-bond donors (Lipinski definition) is 2. The van der Waals surface area contributed by atoms with Gasteiger partial charge >= 0.3 is 6.03 Å². The van der Waals surface area contributed by atoms with Gasteiger partial charge in [0.1, 0.15) is 5.69 Å². The van der Waals surface area contributed by atoms with E-state index in [0.29, 0.717) is 26.2 Å². The van der Waals surface area contributed by atoms with E-state index in [4.69, 9.17) is 0 Å². The first-order chi connectivity index (χ1) is 13.6. The summed E-state index contributed by atoms with van der Waals surface area (Å²) in [4.78, 5) is 29.1. The molecule has 1 aliphatic rings. The van der Waals surface area contributed by atoms with Crippen molar-refractivity contribution in [2.45, 2.75) is 26.0 Å². The van der Waals surface area contributed by atoms with Crippen molar-refractivity contribution >= 4 is 11.7 Å². The Hall–Kier alpha value is -2.64. The Balaban J connectivity index is 1.59. The van der Waals surface area contributed by atoms with Crippen molar-refractivity contribution in [2.24, 2.45) is 0 Å². The van der Waals surface area contributed by atoms with Crippen molar-refractivity contribution in [3.63, 3.8) is 0 Å². The standard InChI is InChI=1S/C21H28N4O3/c1-2-18(26)16-23-11-13-24(14-12-23)21(28)22-19-9-6-10-25(20(19)27)15-17-7-4-3-5-8-17/h3-10,18,26H,2,11-16H2,1H3,(H,22,28)/t18-/m0/s1. The normalized spacial score (nSPS) is 16.0. The van der Waals surface area contributed by atoms with Crippen LogP contribution in [-0.2, 0) is 6.54 Å². The molecule has 0 radical (unpaired) electrons. The SMILES string of the molecule is CC[C@H](O)CN1CCN(C(=O)Nc2cccn(Cc3ccccc3)c2=O)CC1. The van der Waals surface area contributed by atoms with Gasteiger partial charge in [-0.2, -0.15) is 0 Å². The summed E-state index contributed by atoms with van der Waals surface area (Å²) < 4.78 is 1.59. The fourth-order valence-corrected chi connectivity index (χ4v) is 3.29. The maximum Gasteiger partial charge on any atom is 0.322 e. The molecule has 2 N–H and O–H groups in total. The highest BCUT2D eigenvalue weighted by Crippen LogP contribution is 2.08. The van der Waals surface area contributed by atoms with Gasteiger partial charge in [-0.05, 0) is 24.1 Å². The van der Waals surface area contributed by atoms with E-state index in [-0.39, 0.29) is 23.4 Å². The van der Waals surface area contributed by atoms with Gasteiger partial charge in [-0.25, -0.2) is 4.79 Å². The Morgan fingerprint density at radius 1 is 1.11 bits per heavy atom. The molecule has 1 aromatic heterocycles. The van der Waals surface area contributed by atoms with Crippen molar-refractivity contribution in [1.29, 1.82) is 0 Å². The summed E-state index contributed by atoms with van der Waals surface area (Å²) >= 11 is 0. The quantitative estimate of drug-likeness (QED) is 0.796. The number of carbonyl (C=O) groups excluding carboxylic acids is 1. The third-order valence-electron chi connectivity index (χ3n) is 5.06. The number of β-amino-alcohol motifs (C(OH)–C–C–N with tert-alkyl or cyclic N) is 1. The molecule has 1 fully saturated rings. The number of urea groups is 1. The van der Waals surface area contributed by atoms with Crippen LogP contribution in [0, 0.1) is 0 Å². The minimum absolute atomic E-state index is 0.218. The highest BCUT2D eigenvalue weighted by Gasteiger charge is 2.22. The summed E-state index contributed by atoms with van der Waals surface area (Å²) in [6, 6.07) is 12.9. The number of aromatic nitrogens is 1.